The summed E-state index contributed by atoms with van der Waals surface area (Å²) in [7, 11) is 0. The Labute approximate surface area is 183 Å². The van der Waals surface area contributed by atoms with Crippen molar-refractivity contribution in [3.63, 3.8) is 0 Å². The van der Waals surface area contributed by atoms with Crippen molar-refractivity contribution < 1.29 is 9.59 Å². The minimum atomic E-state index is -0.00221. The molecule has 3 rings (SSSR count). The fourth-order valence-corrected chi connectivity index (χ4v) is 4.08. The van der Waals surface area contributed by atoms with Crippen molar-refractivity contribution in [3.05, 3.63) is 53.6 Å². The number of hydrogen-bond donors (Lipinski definition) is 2. The normalized spacial score (nSPS) is 15.0. The monoisotopic (exact) mass is 426 g/mol. The maximum atomic E-state index is 12.4. The lowest BCUT2D eigenvalue weighted by molar-refractivity contribution is -0.120. The highest BCUT2D eigenvalue weighted by atomic mass is 32.2. The molecule has 0 aliphatic carbocycles. The summed E-state index contributed by atoms with van der Waals surface area (Å²) in [5, 5.41) is 6.03. The molecule has 2 amide bonds. The van der Waals surface area contributed by atoms with Crippen molar-refractivity contribution in [2.24, 2.45) is 0 Å². The van der Waals surface area contributed by atoms with Gasteiger partial charge in [-0.15, -0.1) is 11.8 Å². The third-order valence-electron chi connectivity index (χ3n) is 5.46. The van der Waals surface area contributed by atoms with E-state index in [2.05, 4.69) is 20.4 Å². The van der Waals surface area contributed by atoms with Crippen molar-refractivity contribution in [3.8, 4) is 0 Å². The van der Waals surface area contributed by atoms with Gasteiger partial charge in [-0.05, 0) is 49.4 Å². The number of hydrogen-bond acceptors (Lipinski definition) is 5. The van der Waals surface area contributed by atoms with Gasteiger partial charge in [0.05, 0.1) is 18.8 Å². The molecule has 0 radical (unpaired) electrons. The van der Waals surface area contributed by atoms with Crippen LogP contribution in [0, 0.1) is 13.8 Å². The molecule has 0 aromatic heterocycles. The lowest BCUT2D eigenvalue weighted by Crippen LogP contribution is -2.50. The first-order valence-electron chi connectivity index (χ1n) is 10.2. The number of benzene rings is 2. The fourth-order valence-electron chi connectivity index (χ4n) is 3.53. The van der Waals surface area contributed by atoms with Gasteiger partial charge in [-0.3, -0.25) is 19.4 Å². The Hall–Kier alpha value is -2.35. The van der Waals surface area contributed by atoms with Gasteiger partial charge in [0.15, 0.2) is 0 Å². The summed E-state index contributed by atoms with van der Waals surface area (Å²) in [4.78, 5) is 30.2. The molecule has 0 unspecified atom stereocenters. The first-order chi connectivity index (χ1) is 14.5. The summed E-state index contributed by atoms with van der Waals surface area (Å²) in [6.07, 6.45) is 2.00. The van der Waals surface area contributed by atoms with E-state index in [1.165, 1.54) is 5.56 Å². The van der Waals surface area contributed by atoms with Crippen LogP contribution < -0.4 is 10.6 Å². The van der Waals surface area contributed by atoms with Gasteiger partial charge in [-0.1, -0.05) is 24.3 Å². The van der Waals surface area contributed by atoms with Gasteiger partial charge in [0.1, 0.15) is 0 Å². The Morgan fingerprint density at radius 1 is 0.833 bits per heavy atom. The number of nitrogens with one attached hydrogen (secondary N) is 2. The van der Waals surface area contributed by atoms with Crippen molar-refractivity contribution in [1.29, 1.82) is 0 Å². The van der Waals surface area contributed by atoms with Gasteiger partial charge in [-0.25, -0.2) is 0 Å². The third kappa shape index (κ3) is 6.08. The quantitative estimate of drug-likeness (QED) is 0.666. The molecule has 1 saturated heterocycles. The molecule has 7 heteroatoms. The van der Waals surface area contributed by atoms with E-state index in [0.29, 0.717) is 13.1 Å². The van der Waals surface area contributed by atoms with E-state index < -0.39 is 0 Å². The van der Waals surface area contributed by atoms with Crippen LogP contribution in [0.15, 0.2) is 47.4 Å². The van der Waals surface area contributed by atoms with Crippen LogP contribution in [0.2, 0.25) is 0 Å². The lowest BCUT2D eigenvalue weighted by atomic mass is 10.1. The SMILES string of the molecule is CSc1ccccc1NC(=O)CN1CCN(CC(=O)Nc2cccc(C)c2C)CC1. The Morgan fingerprint density at radius 2 is 1.37 bits per heavy atom. The minimum absolute atomic E-state index is 0.00221. The van der Waals surface area contributed by atoms with Crippen LogP contribution in [-0.2, 0) is 9.59 Å². The molecule has 1 heterocycles. The second kappa shape index (κ2) is 10.6. The molecule has 1 aliphatic heterocycles. The summed E-state index contributed by atoms with van der Waals surface area (Å²) in [6, 6.07) is 13.8. The largest absolute Gasteiger partial charge is 0.325 e. The van der Waals surface area contributed by atoms with E-state index in [4.69, 9.17) is 0 Å². The van der Waals surface area contributed by atoms with Crippen LogP contribution >= 0.6 is 11.8 Å². The Morgan fingerprint density at radius 3 is 1.97 bits per heavy atom. The molecule has 2 aromatic carbocycles. The topological polar surface area (TPSA) is 64.7 Å². The lowest BCUT2D eigenvalue weighted by Gasteiger charge is -2.33. The number of thioether (sulfide) groups is 1. The van der Waals surface area contributed by atoms with E-state index >= 15 is 0 Å². The zero-order valence-corrected chi connectivity index (χ0v) is 18.7. The predicted octanol–water partition coefficient (Wildman–Crippen LogP) is 3.22. The highest BCUT2D eigenvalue weighted by Gasteiger charge is 2.21. The first kappa shape index (κ1) is 22.3. The van der Waals surface area contributed by atoms with E-state index in [1.807, 2.05) is 62.6 Å². The van der Waals surface area contributed by atoms with Crippen molar-refractivity contribution in [2.45, 2.75) is 18.7 Å². The maximum Gasteiger partial charge on any atom is 0.238 e. The third-order valence-corrected chi connectivity index (χ3v) is 6.25. The number of rotatable bonds is 7. The van der Waals surface area contributed by atoms with Gasteiger partial charge in [0.25, 0.3) is 0 Å². The molecular weight excluding hydrogens is 396 g/mol. The van der Waals surface area contributed by atoms with Gasteiger partial charge < -0.3 is 10.6 Å². The smallest absolute Gasteiger partial charge is 0.238 e. The first-order valence-corrected chi connectivity index (χ1v) is 11.4. The molecule has 30 heavy (non-hydrogen) atoms. The van der Waals surface area contributed by atoms with Crippen LogP contribution in [-0.4, -0.2) is 67.1 Å². The summed E-state index contributed by atoms with van der Waals surface area (Å²) in [5.41, 5.74) is 4.00. The second-order valence-electron chi connectivity index (χ2n) is 7.60. The Balaban J connectivity index is 1.42. The molecule has 2 aromatic rings. The Kier molecular flexibility index (Phi) is 7.90. The number of para-hydroxylation sites is 1. The van der Waals surface area contributed by atoms with Crippen molar-refractivity contribution in [2.75, 3.05) is 56.2 Å². The zero-order chi connectivity index (χ0) is 21.5. The van der Waals surface area contributed by atoms with E-state index in [-0.39, 0.29) is 11.8 Å². The number of amides is 2. The number of nitrogens with zero attached hydrogens (tertiary/aromatic N) is 2. The van der Waals surface area contributed by atoms with Gasteiger partial charge in [0.2, 0.25) is 11.8 Å². The predicted molar refractivity (Wildman–Crippen MR) is 124 cm³/mol. The van der Waals surface area contributed by atoms with Crippen LogP contribution in [0.1, 0.15) is 11.1 Å². The maximum absolute atomic E-state index is 12.4. The number of carbonyl (C=O) groups excluding carboxylic acids is 2. The number of anilines is 2. The van der Waals surface area contributed by atoms with Crippen molar-refractivity contribution >= 4 is 35.0 Å². The molecule has 6 nitrogen and oxygen atoms in total. The van der Waals surface area contributed by atoms with Crippen LogP contribution in [0.25, 0.3) is 0 Å². The molecule has 2 N–H and O–H groups in total. The standard InChI is InChI=1S/C23H30N4O2S/c1-17-7-6-9-19(18(17)2)24-22(28)15-26-11-13-27(14-12-26)16-23(29)25-20-8-4-5-10-21(20)30-3/h4-10H,11-16H2,1-3H3,(H,24,28)(H,25,29). The summed E-state index contributed by atoms with van der Waals surface area (Å²) in [6.45, 7) is 7.89. The van der Waals surface area contributed by atoms with Gasteiger partial charge in [-0.2, -0.15) is 0 Å². The zero-order valence-electron chi connectivity index (χ0n) is 17.9. The summed E-state index contributed by atoms with van der Waals surface area (Å²) >= 11 is 1.62. The van der Waals surface area contributed by atoms with Crippen molar-refractivity contribution in [1.82, 2.24) is 9.80 Å². The number of piperazine rings is 1. The molecule has 160 valence electrons. The average Bonchev–Trinajstić information content (AvgIpc) is 2.73. The molecule has 0 spiro atoms. The van der Waals surface area contributed by atoms with Crippen LogP contribution in [0.4, 0.5) is 11.4 Å². The molecule has 1 fully saturated rings. The Bertz CT molecular complexity index is 895. The van der Waals surface area contributed by atoms with E-state index in [0.717, 1.165) is 48.0 Å². The highest BCUT2D eigenvalue weighted by Crippen LogP contribution is 2.24. The molecular formula is C23H30N4O2S. The van der Waals surface area contributed by atoms with E-state index in [9.17, 15) is 9.59 Å². The van der Waals surface area contributed by atoms with Gasteiger partial charge >= 0.3 is 0 Å². The average molecular weight is 427 g/mol. The molecule has 0 saturated carbocycles. The fraction of sp³-hybridized carbons (Fsp3) is 0.391. The van der Waals surface area contributed by atoms with Crippen LogP contribution in [0.3, 0.4) is 0 Å². The molecule has 0 bridgehead atoms. The van der Waals surface area contributed by atoms with Crippen LogP contribution in [0.5, 0.6) is 0 Å². The number of carbonyl (C=O) groups is 2. The highest BCUT2D eigenvalue weighted by molar-refractivity contribution is 7.98. The summed E-state index contributed by atoms with van der Waals surface area (Å²) in [5.74, 6) is 0.00109. The minimum Gasteiger partial charge on any atom is -0.325 e. The number of aryl methyl sites for hydroxylation is 1. The molecule has 1 aliphatic rings. The van der Waals surface area contributed by atoms with E-state index in [1.54, 1.807) is 11.8 Å². The second-order valence-corrected chi connectivity index (χ2v) is 8.44. The molecule has 0 atom stereocenters. The van der Waals surface area contributed by atoms with Gasteiger partial charge in [0, 0.05) is 36.8 Å². The summed E-state index contributed by atoms with van der Waals surface area (Å²) < 4.78 is 0.